The van der Waals surface area contributed by atoms with Crippen LogP contribution in [0.3, 0.4) is 0 Å². The number of aromatic hydroxyl groups is 1. The van der Waals surface area contributed by atoms with Crippen molar-refractivity contribution >= 4 is 35.6 Å². The molecule has 0 aliphatic heterocycles. The summed E-state index contributed by atoms with van der Waals surface area (Å²) in [6, 6.07) is 1.20. The van der Waals surface area contributed by atoms with Gasteiger partial charge in [-0.05, 0) is 49.3 Å². The van der Waals surface area contributed by atoms with E-state index in [1.165, 1.54) is 24.3 Å². The SMILES string of the molecule is CC(C)CC(NC(=O)C(CCCN=C(N)N)NC(=O)C(N)CCC(N)=O)C(=O)NC(Cc1ccc(O)cc1)C(=O)O. The van der Waals surface area contributed by atoms with E-state index in [1.54, 1.807) is 0 Å². The summed E-state index contributed by atoms with van der Waals surface area (Å²) >= 11 is 0. The number of benzene rings is 1. The minimum absolute atomic E-state index is 0.0122. The quantitative estimate of drug-likeness (QED) is 0.0533. The molecule has 41 heavy (non-hydrogen) atoms. The summed E-state index contributed by atoms with van der Waals surface area (Å²) in [4.78, 5) is 65.9. The summed E-state index contributed by atoms with van der Waals surface area (Å²) in [6.07, 6.45) is 0.348. The number of phenolic OH excluding ortho intramolecular Hbond substituents is 1. The average Bonchev–Trinajstić information content (AvgIpc) is 2.88. The largest absolute Gasteiger partial charge is 0.508 e. The zero-order valence-corrected chi connectivity index (χ0v) is 23.3. The average molecular weight is 579 g/mol. The van der Waals surface area contributed by atoms with Crippen LogP contribution in [-0.2, 0) is 30.4 Å². The third kappa shape index (κ3) is 14.0. The molecule has 4 amide bonds. The highest BCUT2D eigenvalue weighted by atomic mass is 16.4. The Morgan fingerprint density at radius 2 is 1.41 bits per heavy atom. The standard InChI is InChI=1S/C26H42N8O7/c1-14(2)12-19(24(39)34-20(25(40)41)13-15-5-7-16(35)8-6-15)33-23(38)18(4-3-11-31-26(29)30)32-22(37)17(27)9-10-21(28)36/h5-8,14,17-20,35H,3-4,9-13,27H2,1-2H3,(H2,28,36)(H,32,37)(H,33,38)(H,34,39)(H,40,41)(H4,29,30,31). The molecule has 0 aliphatic carbocycles. The molecule has 0 fully saturated rings. The van der Waals surface area contributed by atoms with Gasteiger partial charge in [-0.25, -0.2) is 4.79 Å². The van der Waals surface area contributed by atoms with E-state index in [2.05, 4.69) is 20.9 Å². The van der Waals surface area contributed by atoms with Crippen molar-refractivity contribution in [1.82, 2.24) is 16.0 Å². The zero-order valence-electron chi connectivity index (χ0n) is 23.3. The molecule has 15 heteroatoms. The maximum absolute atomic E-state index is 13.3. The molecular weight excluding hydrogens is 536 g/mol. The normalized spacial score (nSPS) is 13.8. The van der Waals surface area contributed by atoms with E-state index in [-0.39, 0.29) is 56.3 Å². The fraction of sp³-hybridized carbons (Fsp3) is 0.538. The molecule has 0 radical (unpaired) electrons. The van der Waals surface area contributed by atoms with Gasteiger partial charge in [-0.2, -0.15) is 0 Å². The Labute approximate surface area is 238 Å². The van der Waals surface area contributed by atoms with Gasteiger partial charge in [0.15, 0.2) is 5.96 Å². The third-order valence-corrected chi connectivity index (χ3v) is 5.95. The van der Waals surface area contributed by atoms with Crippen LogP contribution in [0.1, 0.15) is 51.5 Å². The van der Waals surface area contributed by atoms with Crippen LogP contribution in [0.5, 0.6) is 5.75 Å². The fourth-order valence-electron chi connectivity index (χ4n) is 3.80. The molecule has 1 rings (SSSR count). The molecule has 4 atom stereocenters. The molecule has 1 aromatic rings. The van der Waals surface area contributed by atoms with Crippen molar-refractivity contribution in [3.63, 3.8) is 0 Å². The predicted octanol–water partition coefficient (Wildman–Crippen LogP) is -1.83. The van der Waals surface area contributed by atoms with Crippen LogP contribution >= 0.6 is 0 Å². The molecule has 13 N–H and O–H groups in total. The highest BCUT2D eigenvalue weighted by Crippen LogP contribution is 2.13. The number of primary amides is 1. The number of guanidine groups is 1. The number of carbonyl (C=O) groups is 5. The molecule has 0 spiro atoms. The molecule has 0 aliphatic rings. The molecule has 0 heterocycles. The lowest BCUT2D eigenvalue weighted by Gasteiger charge is -2.26. The number of carbonyl (C=O) groups excluding carboxylic acids is 4. The first-order valence-corrected chi connectivity index (χ1v) is 13.2. The first kappa shape index (κ1) is 34.6. The second kappa shape index (κ2) is 17.3. The van der Waals surface area contributed by atoms with Crippen LogP contribution in [0.2, 0.25) is 0 Å². The van der Waals surface area contributed by atoms with Crippen molar-refractivity contribution in [2.45, 2.75) is 76.5 Å². The monoisotopic (exact) mass is 578 g/mol. The number of carboxylic acid groups (broad SMARTS) is 1. The summed E-state index contributed by atoms with van der Waals surface area (Å²) in [6.45, 7) is 3.82. The molecule has 228 valence electrons. The summed E-state index contributed by atoms with van der Waals surface area (Å²) in [7, 11) is 0. The summed E-state index contributed by atoms with van der Waals surface area (Å²) in [5.74, 6) is -4.22. The Kier molecular flexibility index (Phi) is 14.6. The van der Waals surface area contributed by atoms with E-state index in [9.17, 15) is 34.2 Å². The highest BCUT2D eigenvalue weighted by Gasteiger charge is 2.31. The molecule has 0 aromatic heterocycles. The minimum Gasteiger partial charge on any atom is -0.508 e. The number of carboxylic acids is 1. The molecule has 0 saturated carbocycles. The number of rotatable bonds is 18. The lowest BCUT2D eigenvalue weighted by atomic mass is 10.0. The van der Waals surface area contributed by atoms with E-state index in [4.69, 9.17) is 22.9 Å². The molecule has 4 unspecified atom stereocenters. The van der Waals surface area contributed by atoms with Gasteiger partial charge in [-0.3, -0.25) is 24.2 Å². The van der Waals surface area contributed by atoms with Gasteiger partial charge in [0.2, 0.25) is 23.6 Å². The Balaban J connectivity index is 3.05. The van der Waals surface area contributed by atoms with E-state index in [0.29, 0.717) is 12.0 Å². The van der Waals surface area contributed by atoms with Crippen LogP contribution in [0.4, 0.5) is 0 Å². The topological polar surface area (TPSA) is 278 Å². The lowest BCUT2D eigenvalue weighted by Crippen LogP contribution is -2.57. The highest BCUT2D eigenvalue weighted by molar-refractivity contribution is 5.94. The fourth-order valence-corrected chi connectivity index (χ4v) is 3.80. The molecule has 0 saturated heterocycles. The minimum atomic E-state index is -1.31. The molecule has 15 nitrogen and oxygen atoms in total. The smallest absolute Gasteiger partial charge is 0.326 e. The van der Waals surface area contributed by atoms with Gasteiger partial charge >= 0.3 is 5.97 Å². The number of nitrogens with two attached hydrogens (primary N) is 4. The van der Waals surface area contributed by atoms with Crippen LogP contribution in [0.15, 0.2) is 29.3 Å². The van der Waals surface area contributed by atoms with Crippen LogP contribution < -0.4 is 38.9 Å². The van der Waals surface area contributed by atoms with E-state index < -0.39 is 53.8 Å². The van der Waals surface area contributed by atoms with Crippen molar-refractivity contribution in [2.24, 2.45) is 33.8 Å². The second-order valence-corrected chi connectivity index (χ2v) is 10.1. The molecule has 1 aromatic carbocycles. The van der Waals surface area contributed by atoms with Crippen molar-refractivity contribution < 1.29 is 34.2 Å². The number of amides is 4. The van der Waals surface area contributed by atoms with Gasteiger partial charge in [0.25, 0.3) is 0 Å². The maximum Gasteiger partial charge on any atom is 0.326 e. The van der Waals surface area contributed by atoms with Crippen molar-refractivity contribution in [2.75, 3.05) is 6.54 Å². The summed E-state index contributed by atoms with van der Waals surface area (Å²) < 4.78 is 0. The molecule has 0 bridgehead atoms. The van der Waals surface area contributed by atoms with Crippen LogP contribution in [0, 0.1) is 5.92 Å². The first-order chi connectivity index (χ1) is 19.2. The van der Waals surface area contributed by atoms with Gasteiger partial charge < -0.3 is 49.1 Å². The Hall–Kier alpha value is -4.40. The lowest BCUT2D eigenvalue weighted by molar-refractivity contribution is -0.142. The van der Waals surface area contributed by atoms with Crippen LogP contribution in [0.25, 0.3) is 0 Å². The summed E-state index contributed by atoms with van der Waals surface area (Å²) in [5, 5.41) is 26.8. The van der Waals surface area contributed by atoms with Gasteiger partial charge in [0, 0.05) is 19.4 Å². The summed E-state index contributed by atoms with van der Waals surface area (Å²) in [5.41, 5.74) is 22.2. The molecular formula is C26H42N8O7. The van der Waals surface area contributed by atoms with Crippen LogP contribution in [-0.4, -0.2) is 76.5 Å². The Morgan fingerprint density at radius 1 is 0.854 bits per heavy atom. The third-order valence-electron chi connectivity index (χ3n) is 5.95. The first-order valence-electron chi connectivity index (χ1n) is 13.2. The van der Waals surface area contributed by atoms with E-state index in [1.807, 2.05) is 13.8 Å². The van der Waals surface area contributed by atoms with E-state index >= 15 is 0 Å². The van der Waals surface area contributed by atoms with Crippen molar-refractivity contribution in [1.29, 1.82) is 0 Å². The number of aliphatic carboxylic acids is 1. The number of hydrogen-bond acceptors (Lipinski definition) is 8. The van der Waals surface area contributed by atoms with Gasteiger partial charge in [0.1, 0.15) is 23.9 Å². The van der Waals surface area contributed by atoms with Crippen molar-refractivity contribution in [3.8, 4) is 5.75 Å². The predicted molar refractivity (Wildman–Crippen MR) is 151 cm³/mol. The number of phenols is 1. The second-order valence-electron chi connectivity index (χ2n) is 10.1. The van der Waals surface area contributed by atoms with Gasteiger partial charge in [-0.15, -0.1) is 0 Å². The van der Waals surface area contributed by atoms with Gasteiger partial charge in [0.05, 0.1) is 6.04 Å². The van der Waals surface area contributed by atoms with Gasteiger partial charge in [-0.1, -0.05) is 26.0 Å². The maximum atomic E-state index is 13.3. The number of nitrogens with zero attached hydrogens (tertiary/aromatic N) is 1. The Bertz CT molecular complexity index is 1070. The number of nitrogens with one attached hydrogen (secondary N) is 3. The number of aliphatic imine (C=N–C) groups is 1. The number of hydrogen-bond donors (Lipinski definition) is 9. The Morgan fingerprint density at radius 3 is 1.95 bits per heavy atom. The van der Waals surface area contributed by atoms with Crippen molar-refractivity contribution in [3.05, 3.63) is 29.8 Å². The van der Waals surface area contributed by atoms with E-state index in [0.717, 1.165) is 0 Å². The zero-order chi connectivity index (χ0) is 31.1.